The predicted molar refractivity (Wildman–Crippen MR) is 69.8 cm³/mol. The van der Waals surface area contributed by atoms with Gasteiger partial charge in [0.15, 0.2) is 0 Å². The summed E-state index contributed by atoms with van der Waals surface area (Å²) in [4.78, 5) is 15.3. The third-order valence-electron chi connectivity index (χ3n) is 2.28. The highest BCUT2D eigenvalue weighted by atomic mass is 35.5. The Hall–Kier alpha value is -1.65. The summed E-state index contributed by atoms with van der Waals surface area (Å²) in [5.74, 6) is -1.39. The van der Waals surface area contributed by atoms with Crippen molar-refractivity contribution in [1.29, 1.82) is 0 Å². The third kappa shape index (κ3) is 3.66. The smallest absolute Gasteiger partial charge is 0.341 e. The normalized spacial score (nSPS) is 10.3. The molecule has 0 saturated heterocycles. The molecule has 3 nitrogen and oxygen atoms in total. The van der Waals surface area contributed by atoms with Gasteiger partial charge in [-0.05, 0) is 23.8 Å². The first-order chi connectivity index (χ1) is 9.06. The molecule has 0 aliphatic heterocycles. The minimum Gasteiger partial charge on any atom is -0.457 e. The van der Waals surface area contributed by atoms with Gasteiger partial charge in [-0.2, -0.15) is 0 Å². The van der Waals surface area contributed by atoms with Crippen LogP contribution < -0.4 is 0 Å². The Morgan fingerprint density at radius 3 is 2.84 bits per heavy atom. The number of benzene rings is 1. The van der Waals surface area contributed by atoms with Crippen molar-refractivity contribution in [2.24, 2.45) is 0 Å². The van der Waals surface area contributed by atoms with Crippen molar-refractivity contribution in [1.82, 2.24) is 4.98 Å². The third-order valence-corrected chi connectivity index (χ3v) is 2.82. The summed E-state index contributed by atoms with van der Waals surface area (Å²) in [6.07, 6.45) is 0.927. The zero-order chi connectivity index (χ0) is 13.8. The Morgan fingerprint density at radius 2 is 2.11 bits per heavy atom. The Morgan fingerprint density at radius 1 is 1.32 bits per heavy atom. The van der Waals surface area contributed by atoms with Crippen molar-refractivity contribution in [2.45, 2.75) is 6.61 Å². The molecule has 0 aliphatic carbocycles. The van der Waals surface area contributed by atoms with Crippen molar-refractivity contribution in [3.63, 3.8) is 0 Å². The van der Waals surface area contributed by atoms with E-state index in [0.717, 1.165) is 17.8 Å². The fourth-order valence-electron chi connectivity index (χ4n) is 1.42. The highest BCUT2D eigenvalue weighted by molar-refractivity contribution is 6.32. The van der Waals surface area contributed by atoms with E-state index in [2.05, 4.69) is 4.98 Å². The number of carbonyl (C=O) groups excluding carboxylic acids is 1. The maximum atomic E-state index is 13.0. The van der Waals surface area contributed by atoms with Crippen molar-refractivity contribution >= 4 is 29.2 Å². The van der Waals surface area contributed by atoms with Crippen LogP contribution in [0.2, 0.25) is 10.2 Å². The molecular weight excluding hydrogens is 292 g/mol. The Labute approximate surface area is 118 Å². The van der Waals surface area contributed by atoms with E-state index in [9.17, 15) is 9.18 Å². The standard InChI is InChI=1S/C13H8Cl2FNO2/c14-9-3-1-2-8(4-9)7-19-13(18)11-5-10(16)6-17-12(11)15/h1-6H,7H2. The Balaban J connectivity index is 2.07. The van der Waals surface area contributed by atoms with Gasteiger partial charge in [-0.25, -0.2) is 14.2 Å². The van der Waals surface area contributed by atoms with Crippen LogP contribution in [0.5, 0.6) is 0 Å². The molecule has 0 spiro atoms. The number of rotatable bonds is 3. The molecule has 1 aromatic heterocycles. The molecule has 0 atom stereocenters. The summed E-state index contributed by atoms with van der Waals surface area (Å²) in [5.41, 5.74) is 0.616. The summed E-state index contributed by atoms with van der Waals surface area (Å²) < 4.78 is 18.0. The highest BCUT2D eigenvalue weighted by Crippen LogP contribution is 2.16. The monoisotopic (exact) mass is 299 g/mol. The van der Waals surface area contributed by atoms with Crippen LogP contribution in [0.15, 0.2) is 36.5 Å². The zero-order valence-electron chi connectivity index (χ0n) is 9.57. The van der Waals surface area contributed by atoms with Gasteiger partial charge in [0.1, 0.15) is 17.6 Å². The summed E-state index contributed by atoms with van der Waals surface area (Å²) in [6, 6.07) is 7.85. The van der Waals surface area contributed by atoms with Gasteiger partial charge >= 0.3 is 5.97 Å². The van der Waals surface area contributed by atoms with Gasteiger partial charge in [0, 0.05) is 5.02 Å². The fourth-order valence-corrected chi connectivity index (χ4v) is 1.81. The van der Waals surface area contributed by atoms with E-state index in [4.69, 9.17) is 27.9 Å². The molecular formula is C13H8Cl2FNO2. The quantitative estimate of drug-likeness (QED) is 0.638. The molecule has 19 heavy (non-hydrogen) atoms. The van der Waals surface area contributed by atoms with E-state index < -0.39 is 11.8 Å². The Bertz CT molecular complexity index is 619. The van der Waals surface area contributed by atoms with Gasteiger partial charge in [0.2, 0.25) is 0 Å². The molecule has 2 rings (SSSR count). The average molecular weight is 300 g/mol. The lowest BCUT2D eigenvalue weighted by molar-refractivity contribution is 0.0472. The number of nitrogens with zero attached hydrogens (tertiary/aromatic N) is 1. The molecule has 2 aromatic rings. The van der Waals surface area contributed by atoms with Gasteiger partial charge in [-0.15, -0.1) is 0 Å². The molecule has 0 aliphatic rings. The number of carbonyl (C=O) groups is 1. The topological polar surface area (TPSA) is 39.2 Å². The second-order valence-electron chi connectivity index (χ2n) is 3.70. The molecule has 0 fully saturated rings. The number of aromatic nitrogens is 1. The number of ether oxygens (including phenoxy) is 1. The minimum absolute atomic E-state index is 0.0201. The van der Waals surface area contributed by atoms with Crippen LogP contribution in [-0.4, -0.2) is 11.0 Å². The van der Waals surface area contributed by atoms with Crippen molar-refractivity contribution in [3.05, 3.63) is 63.6 Å². The van der Waals surface area contributed by atoms with Crippen LogP contribution in [0.1, 0.15) is 15.9 Å². The minimum atomic E-state index is -0.739. The van der Waals surface area contributed by atoms with Gasteiger partial charge < -0.3 is 4.74 Å². The summed E-state index contributed by atoms with van der Waals surface area (Å²) >= 11 is 11.5. The van der Waals surface area contributed by atoms with Crippen LogP contribution in [0.25, 0.3) is 0 Å². The van der Waals surface area contributed by atoms with E-state index in [-0.39, 0.29) is 17.3 Å². The first-order valence-corrected chi connectivity index (χ1v) is 6.04. The van der Waals surface area contributed by atoms with Gasteiger partial charge in [-0.1, -0.05) is 35.3 Å². The highest BCUT2D eigenvalue weighted by Gasteiger charge is 2.14. The van der Waals surface area contributed by atoms with Crippen molar-refractivity contribution in [3.8, 4) is 0 Å². The van der Waals surface area contributed by atoms with E-state index >= 15 is 0 Å². The summed E-state index contributed by atoms with van der Waals surface area (Å²) in [5, 5.41) is 0.441. The first kappa shape index (κ1) is 13.8. The van der Waals surface area contributed by atoms with Crippen LogP contribution in [-0.2, 0) is 11.3 Å². The molecule has 0 amide bonds. The molecule has 0 saturated carbocycles. The lowest BCUT2D eigenvalue weighted by Gasteiger charge is -2.06. The number of pyridine rings is 1. The molecule has 0 bridgehead atoms. The van der Waals surface area contributed by atoms with Gasteiger partial charge in [0.05, 0.1) is 11.8 Å². The van der Waals surface area contributed by atoms with Crippen LogP contribution >= 0.6 is 23.2 Å². The maximum absolute atomic E-state index is 13.0. The number of hydrogen-bond acceptors (Lipinski definition) is 3. The summed E-state index contributed by atoms with van der Waals surface area (Å²) in [7, 11) is 0. The van der Waals surface area contributed by atoms with Crippen molar-refractivity contribution in [2.75, 3.05) is 0 Å². The second-order valence-corrected chi connectivity index (χ2v) is 4.49. The summed E-state index contributed by atoms with van der Waals surface area (Å²) in [6.45, 7) is 0.0201. The van der Waals surface area contributed by atoms with Gasteiger partial charge in [0.25, 0.3) is 0 Å². The number of halogens is 3. The molecule has 0 N–H and O–H groups in total. The zero-order valence-corrected chi connectivity index (χ0v) is 11.1. The van der Waals surface area contributed by atoms with Gasteiger partial charge in [-0.3, -0.25) is 0 Å². The molecule has 1 heterocycles. The van der Waals surface area contributed by atoms with Crippen LogP contribution in [0.3, 0.4) is 0 Å². The lowest BCUT2D eigenvalue weighted by Crippen LogP contribution is -2.07. The number of esters is 1. The molecule has 1 aromatic carbocycles. The van der Waals surface area contributed by atoms with E-state index in [0.29, 0.717) is 5.02 Å². The molecule has 0 unspecified atom stereocenters. The number of hydrogen-bond donors (Lipinski definition) is 0. The van der Waals surface area contributed by atoms with E-state index in [1.807, 2.05) is 0 Å². The fraction of sp³-hybridized carbons (Fsp3) is 0.0769. The van der Waals surface area contributed by atoms with Crippen LogP contribution in [0.4, 0.5) is 4.39 Å². The SMILES string of the molecule is O=C(OCc1cccc(Cl)c1)c1cc(F)cnc1Cl. The maximum Gasteiger partial charge on any atom is 0.341 e. The van der Waals surface area contributed by atoms with Crippen molar-refractivity contribution < 1.29 is 13.9 Å². The first-order valence-electron chi connectivity index (χ1n) is 5.29. The van der Waals surface area contributed by atoms with E-state index in [1.54, 1.807) is 24.3 Å². The molecule has 98 valence electrons. The predicted octanol–water partition coefficient (Wildman–Crippen LogP) is 3.88. The lowest BCUT2D eigenvalue weighted by atomic mass is 10.2. The molecule has 6 heteroatoms. The van der Waals surface area contributed by atoms with E-state index in [1.165, 1.54) is 0 Å². The Kier molecular flexibility index (Phi) is 4.35. The second kappa shape index (κ2) is 5.99. The molecule has 0 radical (unpaired) electrons. The van der Waals surface area contributed by atoms with Crippen LogP contribution in [0, 0.1) is 5.82 Å². The average Bonchev–Trinajstić information content (AvgIpc) is 2.39. The largest absolute Gasteiger partial charge is 0.457 e.